The van der Waals surface area contributed by atoms with Crippen molar-refractivity contribution >= 4 is 0 Å². The van der Waals surface area contributed by atoms with Crippen LogP contribution < -0.4 is 5.73 Å². The molecule has 0 aliphatic heterocycles. The van der Waals surface area contributed by atoms with E-state index in [1.165, 1.54) is 12.0 Å². The van der Waals surface area contributed by atoms with E-state index in [1.807, 2.05) is 0 Å². The van der Waals surface area contributed by atoms with E-state index < -0.39 is 0 Å². The Morgan fingerprint density at radius 2 is 1.72 bits per heavy atom. The number of hydrogen-bond donors (Lipinski definition) is 1. The molecular weight excluding hydrogens is 220 g/mol. The highest BCUT2D eigenvalue weighted by Gasteiger charge is 2.25. The van der Waals surface area contributed by atoms with Crippen molar-refractivity contribution in [1.29, 1.82) is 0 Å². The third kappa shape index (κ3) is 3.56. The molecule has 2 N–H and O–H groups in total. The molecular formula is C16H28N2. The van der Waals surface area contributed by atoms with Gasteiger partial charge in [-0.2, -0.15) is 0 Å². The van der Waals surface area contributed by atoms with Crippen LogP contribution in [-0.4, -0.2) is 30.1 Å². The molecule has 2 heteroatoms. The molecule has 0 aliphatic carbocycles. The summed E-state index contributed by atoms with van der Waals surface area (Å²) in [6.45, 7) is 10.8. The molecule has 0 amide bonds. The van der Waals surface area contributed by atoms with Gasteiger partial charge in [0, 0.05) is 18.6 Å². The first kappa shape index (κ1) is 15.2. The van der Waals surface area contributed by atoms with Crippen LogP contribution >= 0.6 is 0 Å². The molecule has 3 unspecified atom stereocenters. The van der Waals surface area contributed by atoms with Gasteiger partial charge in [-0.15, -0.1) is 0 Å². The van der Waals surface area contributed by atoms with Gasteiger partial charge in [-0.25, -0.2) is 0 Å². The smallest absolute Gasteiger partial charge is 0.0287 e. The van der Waals surface area contributed by atoms with Crippen molar-refractivity contribution in [2.24, 2.45) is 5.73 Å². The summed E-state index contributed by atoms with van der Waals surface area (Å²) in [5, 5.41) is 0. The van der Waals surface area contributed by atoms with E-state index in [1.54, 1.807) is 0 Å². The molecule has 0 fully saturated rings. The van der Waals surface area contributed by atoms with Gasteiger partial charge in [0.2, 0.25) is 0 Å². The lowest BCUT2D eigenvalue weighted by atomic mass is 9.91. The normalized spacial score (nSPS) is 16.6. The van der Waals surface area contributed by atoms with Gasteiger partial charge >= 0.3 is 0 Å². The van der Waals surface area contributed by atoms with Crippen LogP contribution in [-0.2, 0) is 0 Å². The van der Waals surface area contributed by atoms with E-state index in [-0.39, 0.29) is 0 Å². The summed E-state index contributed by atoms with van der Waals surface area (Å²) in [6, 6.07) is 11.7. The van der Waals surface area contributed by atoms with E-state index in [0.29, 0.717) is 24.5 Å². The average Bonchev–Trinajstić information content (AvgIpc) is 2.44. The molecule has 1 aromatic carbocycles. The molecule has 0 saturated heterocycles. The van der Waals surface area contributed by atoms with Crippen LogP contribution in [0.25, 0.3) is 0 Å². The van der Waals surface area contributed by atoms with Crippen molar-refractivity contribution in [3.05, 3.63) is 35.9 Å². The van der Waals surface area contributed by atoms with E-state index in [0.717, 1.165) is 6.54 Å². The van der Waals surface area contributed by atoms with Gasteiger partial charge in [0.15, 0.2) is 0 Å². The highest BCUT2D eigenvalue weighted by molar-refractivity contribution is 5.20. The fraction of sp³-hybridized carbons (Fsp3) is 0.625. The zero-order valence-electron chi connectivity index (χ0n) is 12.3. The summed E-state index contributed by atoms with van der Waals surface area (Å²) in [4.78, 5) is 2.54. The maximum absolute atomic E-state index is 6.04. The Bertz CT molecular complexity index is 323. The van der Waals surface area contributed by atoms with Crippen LogP contribution in [0.4, 0.5) is 0 Å². The van der Waals surface area contributed by atoms with Gasteiger partial charge in [0.05, 0.1) is 0 Å². The first-order valence-electron chi connectivity index (χ1n) is 7.16. The van der Waals surface area contributed by atoms with Crippen LogP contribution in [0.15, 0.2) is 30.3 Å². The SMILES string of the molecule is CCC(C)N(CC)C(CN)C(C)c1ccccc1. The lowest BCUT2D eigenvalue weighted by Crippen LogP contribution is -2.48. The van der Waals surface area contributed by atoms with Crippen molar-refractivity contribution in [1.82, 2.24) is 4.90 Å². The summed E-state index contributed by atoms with van der Waals surface area (Å²) in [7, 11) is 0. The standard InChI is InChI=1S/C16H28N2/c1-5-13(3)18(6-2)16(12-17)14(4)15-10-8-7-9-11-15/h7-11,13-14,16H,5-6,12,17H2,1-4H3. The maximum atomic E-state index is 6.04. The van der Waals surface area contributed by atoms with Crippen molar-refractivity contribution in [3.63, 3.8) is 0 Å². The number of benzene rings is 1. The lowest BCUT2D eigenvalue weighted by molar-refractivity contribution is 0.134. The van der Waals surface area contributed by atoms with Crippen molar-refractivity contribution in [3.8, 4) is 0 Å². The van der Waals surface area contributed by atoms with Crippen LogP contribution in [0.5, 0.6) is 0 Å². The molecule has 102 valence electrons. The van der Waals surface area contributed by atoms with Gasteiger partial charge in [-0.1, -0.05) is 51.1 Å². The van der Waals surface area contributed by atoms with Crippen LogP contribution in [0.1, 0.15) is 45.6 Å². The van der Waals surface area contributed by atoms with E-state index in [4.69, 9.17) is 5.73 Å². The molecule has 0 aromatic heterocycles. The number of rotatable bonds is 7. The summed E-state index contributed by atoms with van der Waals surface area (Å²) in [6.07, 6.45) is 1.17. The molecule has 1 aromatic rings. The van der Waals surface area contributed by atoms with Crippen molar-refractivity contribution < 1.29 is 0 Å². The van der Waals surface area contributed by atoms with E-state index in [2.05, 4.69) is 62.9 Å². The Balaban J connectivity index is 2.87. The first-order valence-corrected chi connectivity index (χ1v) is 7.16. The maximum Gasteiger partial charge on any atom is 0.0287 e. The van der Waals surface area contributed by atoms with Gasteiger partial charge in [-0.3, -0.25) is 4.90 Å². The Morgan fingerprint density at radius 1 is 1.11 bits per heavy atom. The molecule has 2 nitrogen and oxygen atoms in total. The van der Waals surface area contributed by atoms with E-state index >= 15 is 0 Å². The molecule has 18 heavy (non-hydrogen) atoms. The Labute approximate surface area is 112 Å². The summed E-state index contributed by atoms with van der Waals surface area (Å²) in [5.74, 6) is 0.477. The van der Waals surface area contributed by atoms with E-state index in [9.17, 15) is 0 Å². The number of nitrogens with zero attached hydrogens (tertiary/aromatic N) is 1. The molecule has 1 rings (SSSR count). The van der Waals surface area contributed by atoms with Gasteiger partial charge in [0.1, 0.15) is 0 Å². The van der Waals surface area contributed by atoms with Crippen molar-refractivity contribution in [2.75, 3.05) is 13.1 Å². The molecule has 3 atom stereocenters. The molecule has 0 saturated carbocycles. The minimum Gasteiger partial charge on any atom is -0.329 e. The predicted molar refractivity (Wildman–Crippen MR) is 79.8 cm³/mol. The van der Waals surface area contributed by atoms with Gasteiger partial charge < -0.3 is 5.73 Å². The second-order valence-corrected chi connectivity index (χ2v) is 5.09. The molecule has 0 aliphatic rings. The third-order valence-electron chi connectivity index (χ3n) is 4.09. The fourth-order valence-corrected chi connectivity index (χ4v) is 2.71. The monoisotopic (exact) mass is 248 g/mol. The topological polar surface area (TPSA) is 29.3 Å². The highest BCUT2D eigenvalue weighted by atomic mass is 15.2. The Hall–Kier alpha value is -0.860. The van der Waals surface area contributed by atoms with Crippen LogP contribution in [0.3, 0.4) is 0 Å². The Kier molecular flexibility index (Phi) is 6.37. The average molecular weight is 248 g/mol. The third-order valence-corrected chi connectivity index (χ3v) is 4.09. The molecule has 0 heterocycles. The molecule has 0 radical (unpaired) electrons. The van der Waals surface area contributed by atoms with Gasteiger partial charge in [0.25, 0.3) is 0 Å². The minimum atomic E-state index is 0.423. The summed E-state index contributed by atoms with van der Waals surface area (Å²) < 4.78 is 0. The zero-order chi connectivity index (χ0) is 13.5. The highest BCUT2D eigenvalue weighted by Crippen LogP contribution is 2.24. The Morgan fingerprint density at radius 3 is 2.17 bits per heavy atom. The van der Waals surface area contributed by atoms with Crippen LogP contribution in [0.2, 0.25) is 0 Å². The summed E-state index contributed by atoms with van der Waals surface area (Å²) >= 11 is 0. The minimum absolute atomic E-state index is 0.423. The zero-order valence-corrected chi connectivity index (χ0v) is 12.3. The molecule has 0 bridgehead atoms. The summed E-state index contributed by atoms with van der Waals surface area (Å²) in [5.41, 5.74) is 7.42. The largest absolute Gasteiger partial charge is 0.329 e. The fourth-order valence-electron chi connectivity index (χ4n) is 2.71. The number of nitrogens with two attached hydrogens (primary N) is 1. The quantitative estimate of drug-likeness (QED) is 0.802. The predicted octanol–water partition coefficient (Wildman–Crippen LogP) is 3.24. The first-order chi connectivity index (χ1) is 8.65. The second-order valence-electron chi connectivity index (χ2n) is 5.09. The second kappa shape index (κ2) is 7.55. The van der Waals surface area contributed by atoms with Gasteiger partial charge in [-0.05, 0) is 31.4 Å². The van der Waals surface area contributed by atoms with Crippen molar-refractivity contribution in [2.45, 2.75) is 52.1 Å². The lowest BCUT2D eigenvalue weighted by Gasteiger charge is -2.38. The number of hydrogen-bond acceptors (Lipinski definition) is 2. The number of likely N-dealkylation sites (N-methyl/N-ethyl adjacent to an activating group) is 1. The molecule has 0 spiro atoms. The van der Waals surface area contributed by atoms with Crippen LogP contribution in [0, 0.1) is 0 Å².